The third kappa shape index (κ3) is 0.693. The molecule has 1 aliphatic heterocycles. The monoisotopic (exact) mass is 105 g/mol. The minimum Gasteiger partial charge on any atom is -0.242 e. The lowest BCUT2D eigenvalue weighted by Crippen LogP contribution is -2.07. The van der Waals surface area contributed by atoms with Gasteiger partial charge in [-0.2, -0.15) is 0 Å². The first kappa shape index (κ1) is 4.08. The summed E-state index contributed by atoms with van der Waals surface area (Å²) in [6.07, 6.45) is 0. The van der Waals surface area contributed by atoms with Gasteiger partial charge in [0.15, 0.2) is 0 Å². The lowest BCUT2D eigenvalue weighted by Gasteiger charge is -1.64. The van der Waals surface area contributed by atoms with Gasteiger partial charge in [0.05, 0.1) is 4.17 Å². The van der Waals surface area contributed by atoms with Crippen molar-refractivity contribution >= 4 is 11.9 Å². The molecule has 0 aromatic heterocycles. The zero-order valence-electron chi connectivity index (χ0n) is 3.18. The molecule has 0 bridgehead atoms. The fourth-order valence-electron chi connectivity index (χ4n) is 0.300. The number of rotatable bonds is 0. The van der Waals surface area contributed by atoms with Crippen LogP contribution < -0.4 is 5.32 Å². The average Bonchev–Trinajstić information content (AvgIpc) is 1.86. The molecule has 0 radical (unpaired) electrons. The first-order chi connectivity index (χ1) is 2.89. The molecule has 0 aromatic rings. The Labute approximate surface area is 39.8 Å². The Morgan fingerprint density at radius 2 is 2.67 bits per heavy atom. The maximum atomic E-state index is 10.1. The smallest absolute Gasteiger partial charge is 0.242 e. The van der Waals surface area contributed by atoms with E-state index in [1.165, 1.54) is 11.9 Å². The summed E-state index contributed by atoms with van der Waals surface area (Å²) in [6, 6.07) is 0. The largest absolute Gasteiger partial charge is 0.261 e. The predicted molar refractivity (Wildman–Crippen MR) is 24.1 cm³/mol. The second-order valence-corrected chi connectivity index (χ2v) is 1.97. The normalized spacial score (nSPS) is 22.3. The Morgan fingerprint density at radius 1 is 1.83 bits per heavy atom. The highest BCUT2D eigenvalue weighted by Gasteiger charge is 2.16. The molecular weight excluding hydrogens is 100 g/mol. The Balaban J connectivity index is 2.37. The molecule has 34 valence electrons. The van der Waals surface area contributed by atoms with E-state index in [-0.39, 0.29) is 0 Å². The molecular formula is C2H5N2OS+. The van der Waals surface area contributed by atoms with Crippen LogP contribution in [0.3, 0.4) is 0 Å². The zero-order chi connectivity index (χ0) is 4.41. The van der Waals surface area contributed by atoms with Crippen LogP contribution in [-0.4, -0.2) is 16.7 Å². The van der Waals surface area contributed by atoms with E-state index in [0.29, 0.717) is 6.67 Å². The molecule has 0 amide bonds. The van der Waals surface area contributed by atoms with E-state index in [0.717, 1.165) is 10.0 Å². The number of nitrogens with zero attached hydrogens (tertiary/aromatic N) is 1. The van der Waals surface area contributed by atoms with E-state index in [4.69, 9.17) is 0 Å². The lowest BCUT2D eigenvalue weighted by atomic mass is 11.1. The summed E-state index contributed by atoms with van der Waals surface area (Å²) in [6.45, 7) is 0.477. The van der Waals surface area contributed by atoms with Gasteiger partial charge in [-0.05, 0) is 0 Å². The number of nitrogens with one attached hydrogen (secondary N) is 1. The molecule has 1 aliphatic rings. The Kier molecular flexibility index (Phi) is 1.07. The zero-order valence-corrected chi connectivity index (χ0v) is 3.99. The van der Waals surface area contributed by atoms with E-state index in [1.54, 1.807) is 0 Å². The maximum absolute atomic E-state index is 10.1. The molecule has 1 rings (SSSR count). The standard InChI is InChI=1S/C2H5N2OS/c5-4-1-3-2-6-4/h3H,1-2H2/q+1. The average molecular weight is 105 g/mol. The highest BCUT2D eigenvalue weighted by atomic mass is 32.2. The van der Waals surface area contributed by atoms with Gasteiger partial charge in [-0.25, -0.2) is 5.32 Å². The van der Waals surface area contributed by atoms with Crippen molar-refractivity contribution in [2.75, 3.05) is 12.5 Å². The van der Waals surface area contributed by atoms with Crippen molar-refractivity contribution in [2.45, 2.75) is 0 Å². The molecule has 1 heterocycles. The van der Waals surface area contributed by atoms with Gasteiger partial charge in [-0.15, -0.1) is 0 Å². The molecule has 0 atom stereocenters. The maximum Gasteiger partial charge on any atom is 0.261 e. The van der Waals surface area contributed by atoms with Crippen molar-refractivity contribution in [3.63, 3.8) is 0 Å². The fourth-order valence-corrected chi connectivity index (χ4v) is 0.809. The predicted octanol–water partition coefficient (Wildman–Crippen LogP) is -0.0683. The van der Waals surface area contributed by atoms with E-state index >= 15 is 0 Å². The van der Waals surface area contributed by atoms with Gasteiger partial charge in [0.2, 0.25) is 11.9 Å². The van der Waals surface area contributed by atoms with Crippen molar-refractivity contribution in [3.8, 4) is 0 Å². The number of nitroso groups, excluding NO2 is 1. The third-order valence-electron chi connectivity index (χ3n) is 0.552. The summed E-state index contributed by atoms with van der Waals surface area (Å²) in [7, 11) is 0. The van der Waals surface area contributed by atoms with Gasteiger partial charge in [0, 0.05) is 4.91 Å². The Morgan fingerprint density at radius 3 is 2.83 bits per heavy atom. The fraction of sp³-hybridized carbons (Fsp3) is 1.00. The molecule has 1 N–H and O–H groups in total. The van der Waals surface area contributed by atoms with Crippen LogP contribution in [0.1, 0.15) is 0 Å². The molecule has 0 aromatic carbocycles. The van der Waals surface area contributed by atoms with Gasteiger partial charge >= 0.3 is 0 Å². The molecule has 0 spiro atoms. The third-order valence-corrected chi connectivity index (χ3v) is 1.30. The van der Waals surface area contributed by atoms with Crippen molar-refractivity contribution in [3.05, 3.63) is 4.91 Å². The first-order valence-electron chi connectivity index (χ1n) is 1.68. The highest BCUT2D eigenvalue weighted by Crippen LogP contribution is 2.02. The second-order valence-electron chi connectivity index (χ2n) is 1.01. The Bertz CT molecular complexity index is 65.9. The van der Waals surface area contributed by atoms with E-state index in [9.17, 15) is 4.91 Å². The highest BCUT2D eigenvalue weighted by molar-refractivity contribution is 7.93. The minimum absolute atomic E-state index is 0.477. The quantitative estimate of drug-likeness (QED) is 0.346. The van der Waals surface area contributed by atoms with Gasteiger partial charge in [-0.3, -0.25) is 0 Å². The van der Waals surface area contributed by atoms with Crippen molar-refractivity contribution < 1.29 is 4.17 Å². The van der Waals surface area contributed by atoms with Crippen LogP contribution in [0.15, 0.2) is 0 Å². The molecule has 6 heavy (non-hydrogen) atoms. The first-order valence-corrected chi connectivity index (χ1v) is 2.62. The lowest BCUT2D eigenvalue weighted by molar-refractivity contribution is -0.366. The van der Waals surface area contributed by atoms with Crippen LogP contribution in [0, 0.1) is 4.91 Å². The Hall–Kier alpha value is -0.0900. The van der Waals surface area contributed by atoms with Gasteiger partial charge < -0.3 is 0 Å². The van der Waals surface area contributed by atoms with Crippen LogP contribution in [0.2, 0.25) is 0 Å². The van der Waals surface area contributed by atoms with Crippen molar-refractivity contribution in [1.82, 2.24) is 5.32 Å². The van der Waals surface area contributed by atoms with E-state index < -0.39 is 0 Å². The number of hydrogen-bond acceptors (Lipinski definition) is 3. The summed E-state index contributed by atoms with van der Waals surface area (Å²) in [5.74, 6) is 0.767. The summed E-state index contributed by atoms with van der Waals surface area (Å²) >= 11 is 1.26. The van der Waals surface area contributed by atoms with Crippen LogP contribution in [0.4, 0.5) is 0 Å². The molecule has 4 heteroatoms. The van der Waals surface area contributed by atoms with E-state index in [1.807, 2.05) is 0 Å². The van der Waals surface area contributed by atoms with Gasteiger partial charge in [-0.1, -0.05) is 0 Å². The minimum atomic E-state index is 0.477. The van der Waals surface area contributed by atoms with Crippen LogP contribution in [-0.2, 0) is 0 Å². The SMILES string of the molecule is O=[N+]1CNCS1. The summed E-state index contributed by atoms with van der Waals surface area (Å²) in [4.78, 5) is 10.1. The molecule has 1 saturated heterocycles. The van der Waals surface area contributed by atoms with E-state index in [2.05, 4.69) is 5.32 Å². The van der Waals surface area contributed by atoms with Gasteiger partial charge in [0.1, 0.15) is 5.88 Å². The van der Waals surface area contributed by atoms with Crippen LogP contribution in [0.25, 0.3) is 0 Å². The molecule has 0 saturated carbocycles. The van der Waals surface area contributed by atoms with Crippen LogP contribution >= 0.6 is 11.9 Å². The molecule has 0 aliphatic carbocycles. The topological polar surface area (TPSA) is 32.1 Å². The van der Waals surface area contributed by atoms with Crippen molar-refractivity contribution in [2.24, 2.45) is 0 Å². The number of hydrogen-bond donors (Lipinski definition) is 1. The van der Waals surface area contributed by atoms with Crippen LogP contribution in [0.5, 0.6) is 0 Å². The molecule has 3 nitrogen and oxygen atoms in total. The van der Waals surface area contributed by atoms with Gasteiger partial charge in [0.25, 0.3) is 6.67 Å². The second kappa shape index (κ2) is 1.57. The summed E-state index contributed by atoms with van der Waals surface area (Å²) < 4.78 is 0.917. The molecule has 0 unspecified atom stereocenters. The summed E-state index contributed by atoms with van der Waals surface area (Å²) in [5, 5.41) is 2.85. The summed E-state index contributed by atoms with van der Waals surface area (Å²) in [5.41, 5.74) is 0. The van der Waals surface area contributed by atoms with Crippen molar-refractivity contribution in [1.29, 1.82) is 0 Å². The molecule has 1 fully saturated rings.